The van der Waals surface area contributed by atoms with Crippen LogP contribution in [0.1, 0.15) is 23.6 Å². The standard InChI is InChI=1S/C17H17Cl2NO3/c18-14-7-6-13(10-15(14)19)16(8-9-21)20-17(22)23-11-12-4-2-1-3-5-12/h1-7,10,16,21H,8-9,11H2,(H,20,22). The van der Waals surface area contributed by atoms with E-state index in [2.05, 4.69) is 5.32 Å². The molecular weight excluding hydrogens is 337 g/mol. The van der Waals surface area contributed by atoms with Crippen molar-refractivity contribution in [3.63, 3.8) is 0 Å². The Kier molecular flexibility index (Phi) is 6.71. The summed E-state index contributed by atoms with van der Waals surface area (Å²) in [7, 11) is 0. The normalized spacial score (nSPS) is 11.8. The van der Waals surface area contributed by atoms with Crippen molar-refractivity contribution in [2.45, 2.75) is 19.1 Å². The predicted molar refractivity (Wildman–Crippen MR) is 90.7 cm³/mol. The highest BCUT2D eigenvalue weighted by Gasteiger charge is 2.16. The van der Waals surface area contributed by atoms with Gasteiger partial charge < -0.3 is 15.2 Å². The highest BCUT2D eigenvalue weighted by Crippen LogP contribution is 2.27. The van der Waals surface area contributed by atoms with E-state index in [0.717, 1.165) is 11.1 Å². The molecule has 23 heavy (non-hydrogen) atoms. The number of nitrogens with one attached hydrogen (secondary N) is 1. The summed E-state index contributed by atoms with van der Waals surface area (Å²) in [4.78, 5) is 12.0. The number of benzene rings is 2. The van der Waals surface area contributed by atoms with Crippen molar-refractivity contribution in [2.24, 2.45) is 0 Å². The molecule has 2 aromatic rings. The van der Waals surface area contributed by atoms with Crippen LogP contribution in [0.5, 0.6) is 0 Å². The molecule has 0 aliphatic rings. The third-order valence-electron chi connectivity index (χ3n) is 3.27. The first-order valence-electron chi connectivity index (χ1n) is 7.13. The highest BCUT2D eigenvalue weighted by molar-refractivity contribution is 6.42. The van der Waals surface area contributed by atoms with E-state index in [9.17, 15) is 9.90 Å². The summed E-state index contributed by atoms with van der Waals surface area (Å²) in [6.45, 7) is 0.101. The SMILES string of the molecule is O=C(NC(CCO)c1ccc(Cl)c(Cl)c1)OCc1ccccc1. The van der Waals surface area contributed by atoms with Gasteiger partial charge in [0.15, 0.2) is 0 Å². The lowest BCUT2D eigenvalue weighted by molar-refractivity contribution is 0.133. The predicted octanol–water partition coefficient (Wildman–Crippen LogP) is 4.34. The summed E-state index contributed by atoms with van der Waals surface area (Å²) in [6.07, 6.45) is -0.211. The first kappa shape index (κ1) is 17.6. The number of hydrogen-bond donors (Lipinski definition) is 2. The maximum absolute atomic E-state index is 12.0. The van der Waals surface area contributed by atoms with E-state index in [1.54, 1.807) is 18.2 Å². The van der Waals surface area contributed by atoms with Crippen molar-refractivity contribution in [1.82, 2.24) is 5.32 Å². The number of rotatable bonds is 6. The van der Waals surface area contributed by atoms with Gasteiger partial charge >= 0.3 is 6.09 Å². The number of halogens is 2. The molecule has 0 radical (unpaired) electrons. The molecule has 1 atom stereocenters. The van der Waals surface area contributed by atoms with Gasteiger partial charge in [-0.15, -0.1) is 0 Å². The largest absolute Gasteiger partial charge is 0.445 e. The van der Waals surface area contributed by atoms with Gasteiger partial charge in [-0.1, -0.05) is 59.6 Å². The molecule has 0 aromatic heterocycles. The Morgan fingerprint density at radius 3 is 2.52 bits per heavy atom. The van der Waals surface area contributed by atoms with Crippen LogP contribution in [0.3, 0.4) is 0 Å². The van der Waals surface area contributed by atoms with Gasteiger partial charge in [0.1, 0.15) is 6.61 Å². The van der Waals surface area contributed by atoms with Gasteiger partial charge in [0.2, 0.25) is 0 Å². The van der Waals surface area contributed by atoms with Gasteiger partial charge in [-0.3, -0.25) is 0 Å². The van der Waals surface area contributed by atoms with Crippen LogP contribution >= 0.6 is 23.2 Å². The van der Waals surface area contributed by atoms with Gasteiger partial charge in [0.05, 0.1) is 16.1 Å². The molecule has 0 aliphatic carbocycles. The zero-order valence-corrected chi connectivity index (χ0v) is 13.8. The Hall–Kier alpha value is -1.75. The van der Waals surface area contributed by atoms with Crippen molar-refractivity contribution in [3.8, 4) is 0 Å². The second-order valence-electron chi connectivity index (χ2n) is 4.94. The molecule has 6 heteroatoms. The fraction of sp³-hybridized carbons (Fsp3) is 0.235. The number of amides is 1. The Balaban J connectivity index is 1.98. The number of ether oxygens (including phenoxy) is 1. The minimum Gasteiger partial charge on any atom is -0.445 e. The van der Waals surface area contributed by atoms with E-state index in [4.69, 9.17) is 27.9 Å². The number of alkyl carbamates (subject to hydrolysis) is 1. The lowest BCUT2D eigenvalue weighted by Crippen LogP contribution is -2.29. The van der Waals surface area contributed by atoms with Gasteiger partial charge in [-0.25, -0.2) is 4.79 Å². The molecule has 1 unspecified atom stereocenters. The second-order valence-corrected chi connectivity index (χ2v) is 5.76. The lowest BCUT2D eigenvalue weighted by atomic mass is 10.0. The molecule has 0 heterocycles. The van der Waals surface area contributed by atoms with E-state index in [0.29, 0.717) is 16.5 Å². The third kappa shape index (κ3) is 5.43. The first-order chi connectivity index (χ1) is 11.1. The Morgan fingerprint density at radius 1 is 1.13 bits per heavy atom. The first-order valence-corrected chi connectivity index (χ1v) is 7.88. The van der Waals surface area contributed by atoms with Gasteiger partial charge in [0.25, 0.3) is 0 Å². The van der Waals surface area contributed by atoms with E-state index in [-0.39, 0.29) is 13.2 Å². The third-order valence-corrected chi connectivity index (χ3v) is 4.01. The highest BCUT2D eigenvalue weighted by atomic mass is 35.5. The molecule has 0 fully saturated rings. The molecule has 1 amide bonds. The molecular formula is C17H17Cl2NO3. The van der Waals surface area contributed by atoms with Crippen molar-refractivity contribution < 1.29 is 14.6 Å². The van der Waals surface area contributed by atoms with Crippen LogP contribution in [-0.4, -0.2) is 17.8 Å². The monoisotopic (exact) mass is 353 g/mol. The number of carbonyl (C=O) groups is 1. The van der Waals surface area contributed by atoms with E-state index >= 15 is 0 Å². The average Bonchev–Trinajstić information content (AvgIpc) is 2.56. The van der Waals surface area contributed by atoms with Crippen LogP contribution in [0.25, 0.3) is 0 Å². The summed E-state index contributed by atoms with van der Waals surface area (Å²) in [5, 5.41) is 12.7. The maximum Gasteiger partial charge on any atom is 0.407 e. The summed E-state index contributed by atoms with van der Waals surface area (Å²) in [5.41, 5.74) is 1.65. The number of aliphatic hydroxyl groups is 1. The maximum atomic E-state index is 12.0. The molecule has 0 saturated heterocycles. The summed E-state index contributed by atoms with van der Waals surface area (Å²) in [5.74, 6) is 0. The molecule has 2 N–H and O–H groups in total. The summed E-state index contributed by atoms with van der Waals surface area (Å²) >= 11 is 11.9. The van der Waals surface area contributed by atoms with E-state index < -0.39 is 12.1 Å². The number of carbonyl (C=O) groups excluding carboxylic acids is 1. The zero-order chi connectivity index (χ0) is 16.7. The quantitative estimate of drug-likeness (QED) is 0.811. The van der Waals surface area contributed by atoms with Gasteiger partial charge in [0, 0.05) is 6.61 Å². The Morgan fingerprint density at radius 2 is 1.87 bits per heavy atom. The van der Waals surface area contributed by atoms with E-state index in [1.807, 2.05) is 30.3 Å². The van der Waals surface area contributed by atoms with Crippen molar-refractivity contribution in [1.29, 1.82) is 0 Å². The van der Waals surface area contributed by atoms with Gasteiger partial charge in [-0.2, -0.15) is 0 Å². The van der Waals surface area contributed by atoms with Crippen LogP contribution in [-0.2, 0) is 11.3 Å². The number of hydrogen-bond acceptors (Lipinski definition) is 3. The van der Waals surface area contributed by atoms with Crippen LogP contribution in [0.15, 0.2) is 48.5 Å². The van der Waals surface area contributed by atoms with Crippen molar-refractivity contribution >= 4 is 29.3 Å². The summed E-state index contributed by atoms with van der Waals surface area (Å²) < 4.78 is 5.19. The number of aliphatic hydroxyl groups excluding tert-OH is 1. The van der Waals surface area contributed by atoms with Crippen LogP contribution < -0.4 is 5.32 Å². The van der Waals surface area contributed by atoms with Crippen LogP contribution in [0.4, 0.5) is 4.79 Å². The van der Waals surface area contributed by atoms with Crippen molar-refractivity contribution in [3.05, 3.63) is 69.7 Å². The zero-order valence-electron chi connectivity index (χ0n) is 12.3. The molecule has 2 aromatic carbocycles. The Bertz CT molecular complexity index is 650. The molecule has 122 valence electrons. The molecule has 0 spiro atoms. The fourth-order valence-electron chi connectivity index (χ4n) is 2.09. The molecule has 4 nitrogen and oxygen atoms in total. The van der Waals surface area contributed by atoms with E-state index in [1.165, 1.54) is 0 Å². The Labute approximate surface area is 145 Å². The van der Waals surface area contributed by atoms with Crippen LogP contribution in [0.2, 0.25) is 10.0 Å². The van der Waals surface area contributed by atoms with Crippen LogP contribution in [0, 0.1) is 0 Å². The lowest BCUT2D eigenvalue weighted by Gasteiger charge is -2.18. The topological polar surface area (TPSA) is 58.6 Å². The fourth-order valence-corrected chi connectivity index (χ4v) is 2.39. The van der Waals surface area contributed by atoms with Crippen molar-refractivity contribution in [2.75, 3.05) is 6.61 Å². The molecule has 0 bridgehead atoms. The molecule has 0 aliphatic heterocycles. The molecule has 2 rings (SSSR count). The van der Waals surface area contributed by atoms with Gasteiger partial charge in [-0.05, 0) is 29.7 Å². The minimum atomic E-state index is -0.557. The second kappa shape index (κ2) is 8.77. The smallest absolute Gasteiger partial charge is 0.407 e. The molecule has 0 saturated carbocycles. The summed E-state index contributed by atoms with van der Waals surface area (Å²) in [6, 6.07) is 14.1. The average molecular weight is 354 g/mol. The minimum absolute atomic E-state index is 0.0795.